The molecule has 1 aliphatic heterocycles. The third-order valence-corrected chi connectivity index (χ3v) is 3.69. The maximum absolute atomic E-state index is 12.3. The molecule has 1 atom stereocenters. The zero-order valence-electron chi connectivity index (χ0n) is 12.0. The van der Waals surface area contributed by atoms with Crippen LogP contribution in [-0.4, -0.2) is 41.6 Å². The van der Waals surface area contributed by atoms with Crippen molar-refractivity contribution >= 4 is 11.9 Å². The van der Waals surface area contributed by atoms with Crippen molar-refractivity contribution in [3.63, 3.8) is 0 Å². The number of ether oxygens (including phenoxy) is 1. The first-order valence-corrected chi connectivity index (χ1v) is 7.26. The van der Waals surface area contributed by atoms with Gasteiger partial charge in [0.2, 0.25) is 5.91 Å². The summed E-state index contributed by atoms with van der Waals surface area (Å²) in [5.74, 6) is -0.658. The first kappa shape index (κ1) is 15.5. The van der Waals surface area contributed by atoms with Crippen LogP contribution in [0.3, 0.4) is 0 Å². The van der Waals surface area contributed by atoms with E-state index in [4.69, 9.17) is 9.84 Å². The number of carboxylic acids is 1. The molecule has 5 nitrogen and oxygen atoms in total. The van der Waals surface area contributed by atoms with Crippen molar-refractivity contribution in [1.82, 2.24) is 4.90 Å². The van der Waals surface area contributed by atoms with Gasteiger partial charge in [0.05, 0.1) is 0 Å². The van der Waals surface area contributed by atoms with Gasteiger partial charge >= 0.3 is 5.97 Å². The smallest absolute Gasteiger partial charge is 0.323 e. The fourth-order valence-corrected chi connectivity index (χ4v) is 2.50. The molecular weight excluding hydrogens is 270 g/mol. The summed E-state index contributed by atoms with van der Waals surface area (Å²) in [6, 6.07) is 9.45. The first-order chi connectivity index (χ1) is 10.1. The second-order valence-corrected chi connectivity index (χ2v) is 5.40. The Kier molecular flexibility index (Phi) is 5.75. The summed E-state index contributed by atoms with van der Waals surface area (Å²) in [6.45, 7) is 1.56. The zero-order chi connectivity index (χ0) is 15.1. The highest BCUT2D eigenvalue weighted by Gasteiger charge is 2.21. The second-order valence-electron chi connectivity index (χ2n) is 5.40. The molecule has 1 saturated heterocycles. The van der Waals surface area contributed by atoms with Crippen molar-refractivity contribution in [2.24, 2.45) is 5.92 Å². The quantitative estimate of drug-likeness (QED) is 0.833. The number of amides is 1. The fraction of sp³-hybridized carbons (Fsp3) is 0.500. The normalized spacial score (nSPS) is 17.6. The summed E-state index contributed by atoms with van der Waals surface area (Å²) >= 11 is 0. The average molecular weight is 291 g/mol. The van der Waals surface area contributed by atoms with Crippen LogP contribution >= 0.6 is 0 Å². The maximum Gasteiger partial charge on any atom is 0.323 e. The lowest BCUT2D eigenvalue weighted by Crippen LogP contribution is -2.35. The number of nitrogens with zero attached hydrogens (tertiary/aromatic N) is 1. The van der Waals surface area contributed by atoms with E-state index in [2.05, 4.69) is 0 Å². The van der Waals surface area contributed by atoms with Gasteiger partial charge in [-0.25, -0.2) is 0 Å². The molecule has 0 aliphatic carbocycles. The Balaban J connectivity index is 1.90. The number of rotatable bonds is 7. The molecule has 1 aromatic carbocycles. The van der Waals surface area contributed by atoms with Gasteiger partial charge < -0.3 is 14.7 Å². The molecule has 114 valence electrons. The lowest BCUT2D eigenvalue weighted by Gasteiger charge is -2.21. The number of aliphatic carboxylic acids is 1. The molecule has 2 rings (SSSR count). The molecule has 1 aromatic rings. The van der Waals surface area contributed by atoms with Gasteiger partial charge in [0.1, 0.15) is 6.54 Å². The predicted molar refractivity (Wildman–Crippen MR) is 77.7 cm³/mol. The summed E-state index contributed by atoms with van der Waals surface area (Å²) in [6.07, 6.45) is 2.14. The Bertz CT molecular complexity index is 468. The Morgan fingerprint density at radius 1 is 1.29 bits per heavy atom. The lowest BCUT2D eigenvalue weighted by molar-refractivity contribution is -0.145. The minimum Gasteiger partial charge on any atom is -0.480 e. The van der Waals surface area contributed by atoms with E-state index in [9.17, 15) is 9.59 Å². The van der Waals surface area contributed by atoms with Crippen molar-refractivity contribution in [1.29, 1.82) is 0 Å². The molecule has 0 saturated carbocycles. The van der Waals surface area contributed by atoms with E-state index >= 15 is 0 Å². The summed E-state index contributed by atoms with van der Waals surface area (Å²) in [4.78, 5) is 24.6. The van der Waals surface area contributed by atoms with Crippen molar-refractivity contribution < 1.29 is 19.4 Å². The van der Waals surface area contributed by atoms with E-state index in [0.717, 1.165) is 25.0 Å². The van der Waals surface area contributed by atoms with Crippen molar-refractivity contribution in [2.75, 3.05) is 19.8 Å². The molecule has 21 heavy (non-hydrogen) atoms. The minimum atomic E-state index is -0.983. The standard InChI is InChI=1S/C16H21NO4/c18-15(7-6-14-8-9-21-12-14)17(11-16(19)20)10-13-4-2-1-3-5-13/h1-5,14H,6-12H2,(H,19,20). The van der Waals surface area contributed by atoms with E-state index in [1.54, 1.807) is 0 Å². The third-order valence-electron chi connectivity index (χ3n) is 3.69. The van der Waals surface area contributed by atoms with Gasteiger partial charge in [-0.05, 0) is 24.3 Å². The highest BCUT2D eigenvalue weighted by molar-refractivity contribution is 5.81. The summed E-state index contributed by atoms with van der Waals surface area (Å²) in [5.41, 5.74) is 0.941. The topological polar surface area (TPSA) is 66.8 Å². The Morgan fingerprint density at radius 2 is 2.05 bits per heavy atom. The summed E-state index contributed by atoms with van der Waals surface area (Å²) in [5, 5.41) is 8.98. The fourth-order valence-electron chi connectivity index (χ4n) is 2.50. The highest BCUT2D eigenvalue weighted by Crippen LogP contribution is 2.19. The van der Waals surface area contributed by atoms with Crippen molar-refractivity contribution in [3.8, 4) is 0 Å². The third kappa shape index (κ3) is 5.19. The number of carboxylic acid groups (broad SMARTS) is 1. The zero-order valence-corrected chi connectivity index (χ0v) is 12.0. The van der Waals surface area contributed by atoms with E-state index in [0.29, 0.717) is 25.5 Å². The molecule has 0 bridgehead atoms. The maximum atomic E-state index is 12.3. The van der Waals surface area contributed by atoms with Gasteiger partial charge in [-0.1, -0.05) is 30.3 Å². The molecule has 1 fully saturated rings. The van der Waals surface area contributed by atoms with Gasteiger partial charge in [-0.3, -0.25) is 9.59 Å². The van der Waals surface area contributed by atoms with E-state index in [-0.39, 0.29) is 12.5 Å². The number of carbonyl (C=O) groups is 2. The van der Waals surface area contributed by atoms with Gasteiger partial charge in [0, 0.05) is 26.2 Å². The van der Waals surface area contributed by atoms with Crippen LogP contribution in [-0.2, 0) is 20.9 Å². The molecule has 0 radical (unpaired) electrons. The highest BCUT2D eigenvalue weighted by atomic mass is 16.5. The SMILES string of the molecule is O=C(O)CN(Cc1ccccc1)C(=O)CCC1CCOC1. The Labute approximate surface area is 124 Å². The second kappa shape index (κ2) is 7.78. The van der Waals surface area contributed by atoms with Crippen LogP contribution in [0, 0.1) is 5.92 Å². The van der Waals surface area contributed by atoms with Crippen LogP contribution in [0.2, 0.25) is 0 Å². The minimum absolute atomic E-state index is 0.104. The summed E-state index contributed by atoms with van der Waals surface area (Å²) < 4.78 is 5.29. The van der Waals surface area contributed by atoms with E-state index in [1.807, 2.05) is 30.3 Å². The van der Waals surface area contributed by atoms with Crippen LogP contribution < -0.4 is 0 Å². The predicted octanol–water partition coefficient (Wildman–Crippen LogP) is 1.92. The van der Waals surface area contributed by atoms with E-state index < -0.39 is 5.97 Å². The number of benzene rings is 1. The molecule has 1 aliphatic rings. The van der Waals surface area contributed by atoms with Crippen molar-refractivity contribution in [3.05, 3.63) is 35.9 Å². The first-order valence-electron chi connectivity index (χ1n) is 7.26. The molecular formula is C16H21NO4. The monoisotopic (exact) mass is 291 g/mol. The number of carbonyl (C=O) groups excluding carboxylic acids is 1. The average Bonchev–Trinajstić information content (AvgIpc) is 2.98. The van der Waals surface area contributed by atoms with E-state index in [1.165, 1.54) is 4.90 Å². The van der Waals surface area contributed by atoms with Crippen LogP contribution in [0.5, 0.6) is 0 Å². The number of hydrogen-bond donors (Lipinski definition) is 1. The molecule has 0 aromatic heterocycles. The molecule has 1 heterocycles. The summed E-state index contributed by atoms with van der Waals surface area (Å²) in [7, 11) is 0. The molecule has 1 amide bonds. The molecule has 1 unspecified atom stereocenters. The van der Waals surface area contributed by atoms with Crippen molar-refractivity contribution in [2.45, 2.75) is 25.8 Å². The Hall–Kier alpha value is -1.88. The molecule has 0 spiro atoms. The lowest BCUT2D eigenvalue weighted by atomic mass is 10.0. The molecule has 1 N–H and O–H groups in total. The van der Waals surface area contributed by atoms with Crippen LogP contribution in [0.4, 0.5) is 0 Å². The van der Waals surface area contributed by atoms with Crippen LogP contribution in [0.1, 0.15) is 24.8 Å². The van der Waals surface area contributed by atoms with Crippen LogP contribution in [0.25, 0.3) is 0 Å². The Morgan fingerprint density at radius 3 is 2.67 bits per heavy atom. The van der Waals surface area contributed by atoms with Gasteiger partial charge in [0.15, 0.2) is 0 Å². The van der Waals surface area contributed by atoms with Crippen LogP contribution in [0.15, 0.2) is 30.3 Å². The van der Waals surface area contributed by atoms with Gasteiger partial charge in [0.25, 0.3) is 0 Å². The number of hydrogen-bond acceptors (Lipinski definition) is 3. The van der Waals surface area contributed by atoms with Gasteiger partial charge in [-0.2, -0.15) is 0 Å². The largest absolute Gasteiger partial charge is 0.480 e. The molecule has 5 heteroatoms. The van der Waals surface area contributed by atoms with Gasteiger partial charge in [-0.15, -0.1) is 0 Å².